The fraction of sp³-hybridized carbons (Fsp3) is 0.333. The second-order valence-corrected chi connectivity index (χ2v) is 5.68. The molecule has 0 bridgehead atoms. The number of likely N-dealkylation sites (N-methyl/N-ethyl adjacent to an activating group) is 1. The highest BCUT2D eigenvalue weighted by Gasteiger charge is 2.17. The van der Waals surface area contributed by atoms with Crippen LogP contribution in [0.2, 0.25) is 0 Å². The number of anilines is 1. The standard InChI is InChI=1S/C15H18FNOS/c1-11(9-13-6-4-8-19-13)17(2)15-12(10-18)5-3-7-14(15)16/h3-8,11,18H,9-10H2,1-2H3. The van der Waals surface area contributed by atoms with E-state index in [2.05, 4.69) is 13.0 Å². The van der Waals surface area contributed by atoms with Crippen LogP contribution in [0.1, 0.15) is 17.4 Å². The van der Waals surface area contributed by atoms with Gasteiger partial charge in [0.05, 0.1) is 12.3 Å². The maximum atomic E-state index is 14.0. The minimum atomic E-state index is -0.285. The average molecular weight is 279 g/mol. The molecular formula is C15H18FNOS. The summed E-state index contributed by atoms with van der Waals surface area (Å²) < 4.78 is 14.0. The zero-order valence-electron chi connectivity index (χ0n) is 11.1. The molecule has 0 saturated heterocycles. The van der Waals surface area contributed by atoms with Crippen molar-refractivity contribution in [3.63, 3.8) is 0 Å². The predicted octanol–water partition coefficient (Wildman–Crippen LogP) is 3.45. The molecule has 0 fully saturated rings. The van der Waals surface area contributed by atoms with Gasteiger partial charge < -0.3 is 10.0 Å². The van der Waals surface area contributed by atoms with E-state index in [0.717, 1.165) is 6.42 Å². The third-order valence-electron chi connectivity index (χ3n) is 3.33. The first-order chi connectivity index (χ1) is 9.13. The van der Waals surface area contributed by atoms with E-state index in [4.69, 9.17) is 0 Å². The van der Waals surface area contributed by atoms with E-state index in [-0.39, 0.29) is 18.5 Å². The Morgan fingerprint density at radius 3 is 2.74 bits per heavy atom. The molecule has 1 N–H and O–H groups in total. The summed E-state index contributed by atoms with van der Waals surface area (Å²) in [6.07, 6.45) is 0.868. The second kappa shape index (κ2) is 6.17. The number of rotatable bonds is 5. The Hall–Kier alpha value is -1.39. The Labute approximate surface area is 117 Å². The van der Waals surface area contributed by atoms with Gasteiger partial charge >= 0.3 is 0 Å². The number of aliphatic hydroxyl groups excluding tert-OH is 1. The highest BCUT2D eigenvalue weighted by molar-refractivity contribution is 7.09. The molecule has 102 valence electrons. The molecule has 0 aliphatic rings. The molecule has 1 unspecified atom stereocenters. The third kappa shape index (κ3) is 3.14. The van der Waals surface area contributed by atoms with E-state index in [1.807, 2.05) is 23.4 Å². The number of hydrogen-bond acceptors (Lipinski definition) is 3. The van der Waals surface area contributed by atoms with Crippen LogP contribution in [0.4, 0.5) is 10.1 Å². The van der Waals surface area contributed by atoms with Crippen molar-refractivity contribution in [3.8, 4) is 0 Å². The minimum absolute atomic E-state index is 0.150. The van der Waals surface area contributed by atoms with Crippen LogP contribution in [0.25, 0.3) is 0 Å². The minimum Gasteiger partial charge on any atom is -0.392 e. The van der Waals surface area contributed by atoms with Gasteiger partial charge in [-0.05, 0) is 24.4 Å². The summed E-state index contributed by atoms with van der Waals surface area (Å²) in [7, 11) is 1.87. The Bertz CT molecular complexity index is 527. The first-order valence-electron chi connectivity index (χ1n) is 6.27. The Morgan fingerprint density at radius 1 is 1.32 bits per heavy atom. The lowest BCUT2D eigenvalue weighted by molar-refractivity contribution is 0.281. The van der Waals surface area contributed by atoms with E-state index in [1.165, 1.54) is 10.9 Å². The van der Waals surface area contributed by atoms with Gasteiger partial charge in [-0.3, -0.25) is 0 Å². The molecule has 2 rings (SSSR count). The van der Waals surface area contributed by atoms with Gasteiger partial charge in [0.15, 0.2) is 0 Å². The second-order valence-electron chi connectivity index (χ2n) is 4.65. The van der Waals surface area contributed by atoms with Crippen molar-refractivity contribution in [2.24, 2.45) is 0 Å². The molecule has 0 radical (unpaired) electrons. The molecule has 2 aromatic rings. The van der Waals surface area contributed by atoms with E-state index >= 15 is 0 Å². The number of aliphatic hydroxyl groups is 1. The van der Waals surface area contributed by atoms with Gasteiger partial charge in [-0.25, -0.2) is 4.39 Å². The molecule has 0 aliphatic carbocycles. The first-order valence-corrected chi connectivity index (χ1v) is 7.15. The fourth-order valence-corrected chi connectivity index (χ4v) is 2.99. The van der Waals surface area contributed by atoms with Gasteiger partial charge in [0.2, 0.25) is 0 Å². The lowest BCUT2D eigenvalue weighted by atomic mass is 10.1. The summed E-state index contributed by atoms with van der Waals surface area (Å²) in [5.41, 5.74) is 1.12. The summed E-state index contributed by atoms with van der Waals surface area (Å²) in [6, 6.07) is 9.09. The maximum Gasteiger partial charge on any atom is 0.146 e. The molecule has 0 saturated carbocycles. The van der Waals surface area contributed by atoms with Gasteiger partial charge in [-0.15, -0.1) is 11.3 Å². The third-order valence-corrected chi connectivity index (χ3v) is 4.23. The molecular weight excluding hydrogens is 261 g/mol. The highest BCUT2D eigenvalue weighted by Crippen LogP contribution is 2.26. The molecule has 0 spiro atoms. The topological polar surface area (TPSA) is 23.5 Å². The van der Waals surface area contributed by atoms with Crippen LogP contribution in [-0.2, 0) is 13.0 Å². The number of para-hydroxylation sites is 1. The van der Waals surface area contributed by atoms with E-state index in [9.17, 15) is 9.50 Å². The SMILES string of the molecule is CC(Cc1cccs1)N(C)c1c(F)cccc1CO. The normalized spacial score (nSPS) is 12.4. The summed E-state index contributed by atoms with van der Waals surface area (Å²) in [5.74, 6) is -0.285. The van der Waals surface area contributed by atoms with Gasteiger partial charge in [-0.1, -0.05) is 18.2 Å². The molecule has 2 nitrogen and oxygen atoms in total. The van der Waals surface area contributed by atoms with E-state index in [0.29, 0.717) is 11.3 Å². The Morgan fingerprint density at radius 2 is 2.11 bits per heavy atom. The molecule has 1 aromatic heterocycles. The molecule has 1 aromatic carbocycles. The van der Waals surface area contributed by atoms with Crippen LogP contribution < -0.4 is 4.90 Å². The van der Waals surface area contributed by atoms with Gasteiger partial charge in [0.25, 0.3) is 0 Å². The molecule has 19 heavy (non-hydrogen) atoms. The van der Waals surface area contributed by atoms with Gasteiger partial charge in [0, 0.05) is 30.0 Å². The zero-order valence-corrected chi connectivity index (χ0v) is 12.0. The quantitative estimate of drug-likeness (QED) is 0.906. The smallest absolute Gasteiger partial charge is 0.146 e. The Balaban J connectivity index is 2.21. The van der Waals surface area contributed by atoms with Crippen molar-refractivity contribution in [2.45, 2.75) is 26.0 Å². The van der Waals surface area contributed by atoms with Gasteiger partial charge in [-0.2, -0.15) is 0 Å². The number of hydrogen-bond donors (Lipinski definition) is 1. The predicted molar refractivity (Wildman–Crippen MR) is 78.2 cm³/mol. The van der Waals surface area contributed by atoms with E-state index < -0.39 is 0 Å². The largest absolute Gasteiger partial charge is 0.392 e. The van der Waals surface area contributed by atoms with Crippen molar-refractivity contribution in [2.75, 3.05) is 11.9 Å². The van der Waals surface area contributed by atoms with Crippen LogP contribution in [0.3, 0.4) is 0 Å². The zero-order chi connectivity index (χ0) is 13.8. The van der Waals surface area contributed by atoms with Crippen molar-refractivity contribution in [1.82, 2.24) is 0 Å². The van der Waals surface area contributed by atoms with Crippen molar-refractivity contribution in [1.29, 1.82) is 0 Å². The summed E-state index contributed by atoms with van der Waals surface area (Å²) >= 11 is 1.71. The maximum absolute atomic E-state index is 14.0. The lowest BCUT2D eigenvalue weighted by Crippen LogP contribution is -2.32. The number of nitrogens with zero attached hydrogens (tertiary/aromatic N) is 1. The lowest BCUT2D eigenvalue weighted by Gasteiger charge is -2.29. The van der Waals surface area contributed by atoms with Crippen LogP contribution in [0.15, 0.2) is 35.7 Å². The van der Waals surface area contributed by atoms with Crippen molar-refractivity contribution < 1.29 is 9.50 Å². The number of benzene rings is 1. The monoisotopic (exact) mass is 279 g/mol. The summed E-state index contributed by atoms with van der Waals surface area (Å²) in [6.45, 7) is 1.91. The molecule has 0 aliphatic heterocycles. The Kier molecular flexibility index (Phi) is 4.56. The molecule has 1 atom stereocenters. The van der Waals surface area contributed by atoms with Crippen LogP contribution in [-0.4, -0.2) is 18.2 Å². The van der Waals surface area contributed by atoms with Crippen molar-refractivity contribution in [3.05, 3.63) is 52.0 Å². The van der Waals surface area contributed by atoms with Gasteiger partial charge in [0.1, 0.15) is 5.82 Å². The van der Waals surface area contributed by atoms with Crippen molar-refractivity contribution >= 4 is 17.0 Å². The van der Waals surface area contributed by atoms with Crippen LogP contribution >= 0.6 is 11.3 Å². The molecule has 0 amide bonds. The number of thiophene rings is 1. The van der Waals surface area contributed by atoms with Crippen LogP contribution in [0.5, 0.6) is 0 Å². The first kappa shape index (κ1) is 14.0. The fourth-order valence-electron chi connectivity index (χ4n) is 2.16. The molecule has 4 heteroatoms. The van der Waals surface area contributed by atoms with Crippen LogP contribution in [0, 0.1) is 5.82 Å². The van der Waals surface area contributed by atoms with E-state index in [1.54, 1.807) is 23.5 Å². The summed E-state index contributed by atoms with van der Waals surface area (Å²) in [4.78, 5) is 3.18. The number of halogens is 1. The highest BCUT2D eigenvalue weighted by atomic mass is 32.1. The average Bonchev–Trinajstić information content (AvgIpc) is 2.90. The molecule has 1 heterocycles. The summed E-state index contributed by atoms with van der Waals surface area (Å²) in [5, 5.41) is 11.4.